The average molecular weight is 195 g/mol. The summed E-state index contributed by atoms with van der Waals surface area (Å²) in [4.78, 5) is 0. The van der Waals surface area contributed by atoms with Gasteiger partial charge in [0.2, 0.25) is 0 Å². The van der Waals surface area contributed by atoms with Crippen molar-refractivity contribution in [1.29, 1.82) is 0 Å². The fourth-order valence-corrected chi connectivity index (χ4v) is 1.85. The van der Waals surface area contributed by atoms with Gasteiger partial charge in [0.15, 0.2) is 0 Å². The molecule has 76 valence electrons. The predicted octanol–water partition coefficient (Wildman–Crippen LogP) is 2.20. The van der Waals surface area contributed by atoms with Gasteiger partial charge >= 0.3 is 0 Å². The third kappa shape index (κ3) is 1.60. The summed E-state index contributed by atoms with van der Waals surface area (Å²) >= 11 is 0. The topological polar surface area (TPSA) is 21.3 Å². The molecule has 0 spiro atoms. The van der Waals surface area contributed by atoms with Crippen LogP contribution in [0, 0.1) is 0 Å². The highest BCUT2D eigenvalue weighted by atomic mass is 19.1. The fraction of sp³-hybridized carbons (Fsp3) is 0.455. The standard InChI is InChI=1S/C11H14FNO/c1-14-11-4-2-3-8-9(11)7-13-6-5-10(8)12/h2-4,10,13H,5-7H2,1H3. The molecule has 1 N–H and O–H groups in total. The minimum atomic E-state index is -0.866. The van der Waals surface area contributed by atoms with E-state index in [1.807, 2.05) is 18.2 Å². The van der Waals surface area contributed by atoms with Crippen molar-refractivity contribution in [2.45, 2.75) is 19.1 Å². The van der Waals surface area contributed by atoms with Gasteiger partial charge in [-0.3, -0.25) is 0 Å². The highest BCUT2D eigenvalue weighted by molar-refractivity contribution is 5.42. The van der Waals surface area contributed by atoms with Crippen molar-refractivity contribution in [3.63, 3.8) is 0 Å². The third-order valence-corrected chi connectivity index (χ3v) is 2.60. The summed E-state index contributed by atoms with van der Waals surface area (Å²) in [6.07, 6.45) is -0.324. The molecule has 1 heterocycles. The first-order valence-electron chi connectivity index (χ1n) is 4.83. The molecular weight excluding hydrogens is 181 g/mol. The van der Waals surface area contributed by atoms with Gasteiger partial charge in [0.25, 0.3) is 0 Å². The lowest BCUT2D eigenvalue weighted by molar-refractivity contribution is 0.325. The molecule has 1 aliphatic heterocycles. The number of benzene rings is 1. The molecule has 0 radical (unpaired) electrons. The summed E-state index contributed by atoms with van der Waals surface area (Å²) in [5.41, 5.74) is 1.73. The van der Waals surface area contributed by atoms with Gasteiger partial charge in [0, 0.05) is 12.1 Å². The number of hydrogen-bond donors (Lipinski definition) is 1. The Balaban J connectivity index is 2.46. The zero-order chi connectivity index (χ0) is 9.97. The lowest BCUT2D eigenvalue weighted by atomic mass is 10.0. The zero-order valence-corrected chi connectivity index (χ0v) is 8.22. The van der Waals surface area contributed by atoms with E-state index < -0.39 is 6.17 Å². The summed E-state index contributed by atoms with van der Waals surface area (Å²) in [5, 5.41) is 3.19. The molecule has 2 rings (SSSR count). The normalized spacial score (nSPS) is 21.1. The molecule has 1 aliphatic rings. The quantitative estimate of drug-likeness (QED) is 0.741. The minimum Gasteiger partial charge on any atom is -0.496 e. The summed E-state index contributed by atoms with van der Waals surface area (Å²) in [7, 11) is 1.62. The van der Waals surface area contributed by atoms with Crippen LogP contribution < -0.4 is 10.1 Å². The van der Waals surface area contributed by atoms with Crippen molar-refractivity contribution in [2.75, 3.05) is 13.7 Å². The van der Waals surface area contributed by atoms with E-state index in [4.69, 9.17) is 4.74 Å². The van der Waals surface area contributed by atoms with E-state index in [9.17, 15) is 4.39 Å². The molecule has 2 nitrogen and oxygen atoms in total. The van der Waals surface area contributed by atoms with Crippen molar-refractivity contribution >= 4 is 0 Å². The van der Waals surface area contributed by atoms with Gasteiger partial charge in [-0.2, -0.15) is 0 Å². The van der Waals surface area contributed by atoms with Crippen molar-refractivity contribution in [3.05, 3.63) is 29.3 Å². The molecule has 3 heteroatoms. The van der Waals surface area contributed by atoms with Crippen LogP contribution in [0.15, 0.2) is 18.2 Å². The fourth-order valence-electron chi connectivity index (χ4n) is 1.85. The monoisotopic (exact) mass is 195 g/mol. The van der Waals surface area contributed by atoms with Crippen LogP contribution in [0.1, 0.15) is 23.7 Å². The summed E-state index contributed by atoms with van der Waals surface area (Å²) in [6.45, 7) is 1.42. The number of methoxy groups -OCH3 is 1. The largest absolute Gasteiger partial charge is 0.496 e. The van der Waals surface area contributed by atoms with Crippen LogP contribution in [-0.4, -0.2) is 13.7 Å². The zero-order valence-electron chi connectivity index (χ0n) is 8.22. The molecule has 0 saturated carbocycles. The Morgan fingerprint density at radius 3 is 3.14 bits per heavy atom. The van der Waals surface area contributed by atoms with Crippen LogP contribution in [0.25, 0.3) is 0 Å². The van der Waals surface area contributed by atoms with Gasteiger partial charge in [0.1, 0.15) is 11.9 Å². The molecule has 1 unspecified atom stereocenters. The first kappa shape index (κ1) is 9.46. The average Bonchev–Trinajstić information content (AvgIpc) is 2.41. The number of halogens is 1. The smallest absolute Gasteiger partial charge is 0.127 e. The van der Waals surface area contributed by atoms with Crippen LogP contribution in [0.2, 0.25) is 0 Å². The molecular formula is C11H14FNO. The summed E-state index contributed by atoms with van der Waals surface area (Å²) in [5.74, 6) is 0.777. The van der Waals surface area contributed by atoms with Crippen molar-refractivity contribution in [2.24, 2.45) is 0 Å². The molecule has 14 heavy (non-hydrogen) atoms. The Morgan fingerprint density at radius 2 is 2.36 bits per heavy atom. The number of hydrogen-bond acceptors (Lipinski definition) is 2. The van der Waals surface area contributed by atoms with Gasteiger partial charge in [-0.05, 0) is 24.6 Å². The minimum absolute atomic E-state index is 0.542. The van der Waals surface area contributed by atoms with E-state index in [1.165, 1.54) is 0 Å². The van der Waals surface area contributed by atoms with Crippen LogP contribution >= 0.6 is 0 Å². The maximum absolute atomic E-state index is 13.7. The Kier molecular flexibility index (Phi) is 2.68. The van der Waals surface area contributed by atoms with Crippen molar-refractivity contribution < 1.29 is 9.13 Å². The van der Waals surface area contributed by atoms with E-state index in [-0.39, 0.29) is 0 Å². The maximum atomic E-state index is 13.7. The van der Waals surface area contributed by atoms with Crippen LogP contribution in [0.4, 0.5) is 4.39 Å². The lowest BCUT2D eigenvalue weighted by Gasteiger charge is -2.12. The van der Waals surface area contributed by atoms with E-state index in [0.29, 0.717) is 13.0 Å². The number of ether oxygens (including phenoxy) is 1. The second kappa shape index (κ2) is 3.96. The second-order valence-corrected chi connectivity index (χ2v) is 3.46. The van der Waals surface area contributed by atoms with Gasteiger partial charge in [-0.1, -0.05) is 12.1 Å². The summed E-state index contributed by atoms with van der Waals surface area (Å²) in [6, 6.07) is 5.56. The van der Waals surface area contributed by atoms with Crippen LogP contribution in [0.3, 0.4) is 0 Å². The first-order valence-corrected chi connectivity index (χ1v) is 4.83. The molecule has 1 atom stereocenters. The van der Waals surface area contributed by atoms with Crippen LogP contribution in [0.5, 0.6) is 5.75 Å². The lowest BCUT2D eigenvalue weighted by Crippen LogP contribution is -2.12. The Bertz CT molecular complexity index is 327. The predicted molar refractivity (Wildman–Crippen MR) is 53.2 cm³/mol. The number of alkyl halides is 1. The van der Waals surface area contributed by atoms with E-state index in [1.54, 1.807) is 7.11 Å². The first-order chi connectivity index (χ1) is 6.83. The molecule has 0 amide bonds. The molecule has 0 aliphatic carbocycles. The highest BCUT2D eigenvalue weighted by Crippen LogP contribution is 2.32. The van der Waals surface area contributed by atoms with Crippen molar-refractivity contribution in [3.8, 4) is 5.75 Å². The maximum Gasteiger partial charge on any atom is 0.127 e. The van der Waals surface area contributed by atoms with E-state index >= 15 is 0 Å². The van der Waals surface area contributed by atoms with E-state index in [0.717, 1.165) is 23.4 Å². The van der Waals surface area contributed by atoms with Crippen LogP contribution in [-0.2, 0) is 6.54 Å². The number of nitrogens with one attached hydrogen (secondary N) is 1. The molecule has 0 fully saturated rings. The van der Waals surface area contributed by atoms with Crippen molar-refractivity contribution in [1.82, 2.24) is 5.32 Å². The van der Waals surface area contributed by atoms with Gasteiger partial charge in [-0.25, -0.2) is 4.39 Å². The SMILES string of the molecule is COc1cccc2c1CNCCC2F. The Labute approximate surface area is 83.1 Å². The number of fused-ring (bicyclic) bond motifs is 1. The Morgan fingerprint density at radius 1 is 1.50 bits per heavy atom. The third-order valence-electron chi connectivity index (χ3n) is 2.60. The Hall–Kier alpha value is -1.09. The summed E-state index contributed by atoms with van der Waals surface area (Å²) < 4.78 is 18.9. The second-order valence-electron chi connectivity index (χ2n) is 3.46. The molecule has 0 aromatic heterocycles. The molecule has 0 saturated heterocycles. The molecule has 1 aromatic rings. The van der Waals surface area contributed by atoms with Gasteiger partial charge in [0.05, 0.1) is 7.11 Å². The highest BCUT2D eigenvalue weighted by Gasteiger charge is 2.19. The van der Waals surface area contributed by atoms with Gasteiger partial charge in [-0.15, -0.1) is 0 Å². The molecule has 1 aromatic carbocycles. The van der Waals surface area contributed by atoms with E-state index in [2.05, 4.69) is 5.32 Å². The molecule has 0 bridgehead atoms. The number of rotatable bonds is 1. The van der Waals surface area contributed by atoms with Gasteiger partial charge < -0.3 is 10.1 Å².